The number of pyridine rings is 1. The standard InChI is InChI=1S/C54H85N3O15/c1-11-43(60)69-42-28-45(62)66-25-23-36(18-14-13-15-19-37-27-38-20-16-17-21-40(38)55-30-37)31-57(9)32-41(59)33(3)26-39(22-24-58)50(51(42)65-10)72-53-48(63)47(56(7)8)49(34(4)68-53)71-46-29-54(6,64)52(35(5)67-46)70-44(61)12-2/h16-17,20-21,24,27,30,33-36,39,41-42,46-53,59,63-64H,11-15,18-19,22-23,25-26,28-29,31-32H2,1-10H3/t33-,34?,35?,36?,39+,41+,42-,46+,47?,48?,49+,50+,51+,52+,53+,54?/m1/s1. The molecule has 0 spiro atoms. The van der Waals surface area contributed by atoms with Gasteiger partial charge in [0.15, 0.2) is 18.7 Å². The summed E-state index contributed by atoms with van der Waals surface area (Å²) in [5, 5.41) is 36.6. The third-order valence-electron chi connectivity index (χ3n) is 14.7. The van der Waals surface area contributed by atoms with E-state index >= 15 is 0 Å². The predicted molar refractivity (Wildman–Crippen MR) is 267 cm³/mol. The number of esters is 3. The van der Waals surface area contributed by atoms with E-state index in [1.54, 1.807) is 53.6 Å². The fourth-order valence-corrected chi connectivity index (χ4v) is 10.7. The lowest BCUT2D eigenvalue weighted by Gasteiger charge is -2.50. The van der Waals surface area contributed by atoms with E-state index in [9.17, 15) is 34.5 Å². The maximum Gasteiger partial charge on any atom is 0.309 e. The van der Waals surface area contributed by atoms with Crippen molar-refractivity contribution in [3.63, 3.8) is 0 Å². The summed E-state index contributed by atoms with van der Waals surface area (Å²) in [5.41, 5.74) is 0.691. The minimum atomic E-state index is -1.50. The Morgan fingerprint density at radius 2 is 1.68 bits per heavy atom. The number of β-amino-alcohol motifs (C(OH)–C–C–N with tert-alkyl or cyclic N) is 1. The summed E-state index contributed by atoms with van der Waals surface area (Å²) in [5.74, 6) is -2.57. The molecule has 5 rings (SSSR count). The quantitative estimate of drug-likeness (QED) is 0.0759. The largest absolute Gasteiger partial charge is 0.466 e. The first-order chi connectivity index (χ1) is 34.3. The fraction of sp³-hybridized carbons (Fsp3) is 0.759. The zero-order chi connectivity index (χ0) is 52.7. The van der Waals surface area contributed by atoms with Crippen LogP contribution < -0.4 is 0 Å². The number of carbonyl (C=O) groups is 4. The van der Waals surface area contributed by atoms with E-state index in [-0.39, 0.29) is 57.0 Å². The van der Waals surface area contributed by atoms with Crippen LogP contribution in [0.5, 0.6) is 0 Å². The maximum absolute atomic E-state index is 13.8. The van der Waals surface area contributed by atoms with Crippen LogP contribution in [0.1, 0.15) is 118 Å². The van der Waals surface area contributed by atoms with Gasteiger partial charge in [0.05, 0.1) is 49.0 Å². The van der Waals surface area contributed by atoms with Gasteiger partial charge < -0.3 is 67.8 Å². The molecular weight excluding hydrogens is 931 g/mol. The summed E-state index contributed by atoms with van der Waals surface area (Å²) in [7, 11) is 6.90. The van der Waals surface area contributed by atoms with Crippen molar-refractivity contribution in [3.05, 3.63) is 42.1 Å². The lowest BCUT2D eigenvalue weighted by atomic mass is 9.82. The van der Waals surface area contributed by atoms with Gasteiger partial charge in [-0.1, -0.05) is 51.8 Å². The van der Waals surface area contributed by atoms with Gasteiger partial charge in [0.2, 0.25) is 0 Å². The van der Waals surface area contributed by atoms with Crippen LogP contribution in [0, 0.1) is 17.8 Å². The number of cyclic esters (lactones) is 1. The first-order valence-electron chi connectivity index (χ1n) is 26.2. The molecule has 3 aliphatic rings. The Hall–Kier alpha value is -3.69. The van der Waals surface area contributed by atoms with Gasteiger partial charge in [-0.2, -0.15) is 0 Å². The summed E-state index contributed by atoms with van der Waals surface area (Å²) in [4.78, 5) is 60.2. The third-order valence-corrected chi connectivity index (χ3v) is 14.7. The molecule has 0 radical (unpaired) electrons. The lowest BCUT2D eigenvalue weighted by Crippen LogP contribution is -2.66. The minimum Gasteiger partial charge on any atom is -0.466 e. The predicted octanol–water partition coefficient (Wildman–Crippen LogP) is 5.17. The van der Waals surface area contributed by atoms with Crippen LogP contribution in [0.25, 0.3) is 10.9 Å². The number of aliphatic hydroxyl groups excluding tert-OH is 2. The molecule has 0 amide bonds. The molecule has 18 nitrogen and oxygen atoms in total. The van der Waals surface area contributed by atoms with Crippen LogP contribution in [-0.4, -0.2) is 181 Å². The number of para-hydroxylation sites is 1. The Balaban J connectivity index is 1.34. The number of fused-ring (bicyclic) bond motifs is 1. The molecule has 72 heavy (non-hydrogen) atoms. The Morgan fingerprint density at radius 1 is 0.958 bits per heavy atom. The molecule has 6 unspecified atom stereocenters. The van der Waals surface area contributed by atoms with Crippen LogP contribution in [-0.2, 0) is 63.5 Å². The minimum absolute atomic E-state index is 0.000173. The van der Waals surface area contributed by atoms with Gasteiger partial charge in [-0.05, 0) is 109 Å². The van der Waals surface area contributed by atoms with Gasteiger partial charge >= 0.3 is 17.9 Å². The summed E-state index contributed by atoms with van der Waals surface area (Å²) in [6.07, 6.45) is -3.36. The molecular formula is C54H85N3O15. The summed E-state index contributed by atoms with van der Waals surface area (Å²) in [6.45, 7) is 11.3. The average Bonchev–Trinajstić information content (AvgIpc) is 3.32. The lowest BCUT2D eigenvalue weighted by molar-refractivity contribution is -0.344. The number of aldehydes is 1. The molecule has 0 aliphatic carbocycles. The van der Waals surface area contributed by atoms with Crippen molar-refractivity contribution >= 4 is 35.1 Å². The van der Waals surface area contributed by atoms with E-state index in [4.69, 9.17) is 37.9 Å². The normalized spacial score (nSPS) is 34.9. The zero-order valence-electron chi connectivity index (χ0n) is 44.4. The number of hydrogen-bond donors (Lipinski definition) is 3. The smallest absolute Gasteiger partial charge is 0.309 e. The number of aromatic nitrogens is 1. The molecule has 0 saturated carbocycles. The van der Waals surface area contributed by atoms with Gasteiger partial charge in [-0.25, -0.2) is 0 Å². The van der Waals surface area contributed by atoms with Crippen molar-refractivity contribution in [1.82, 2.24) is 14.8 Å². The van der Waals surface area contributed by atoms with E-state index in [0.29, 0.717) is 19.5 Å². The molecule has 0 bridgehead atoms. The number of unbranched alkanes of at least 4 members (excludes halogenated alkanes) is 2. The average molecular weight is 1020 g/mol. The number of ether oxygens (including phenoxy) is 8. The summed E-state index contributed by atoms with van der Waals surface area (Å²) < 4.78 is 49.4. The van der Waals surface area contributed by atoms with E-state index in [2.05, 4.69) is 22.0 Å². The first kappa shape index (κ1) is 59.2. The number of nitrogens with zero attached hydrogens (tertiary/aromatic N) is 3. The molecule has 16 atom stereocenters. The Morgan fingerprint density at radius 3 is 2.36 bits per heavy atom. The SMILES string of the molecule is CCC(=O)O[C@@H]1CC(=O)OCCC(CCCCCc2cnc3ccccc3c2)CN(C)C[C@H](O)[C@H](C)C[C@H](CC=O)[C@H](O[C@@H]2OC(C)[C@H](O[C@H]3CC(C)(O)[C@@H](OC(=O)CC)C(C)O3)C(N(C)C)C2O)[C@H]1OC. The van der Waals surface area contributed by atoms with Gasteiger partial charge in [-0.3, -0.25) is 19.4 Å². The molecule has 3 N–H and O–H groups in total. The molecule has 1 aromatic heterocycles. The number of carbonyl (C=O) groups excluding carboxylic acids is 4. The van der Waals surface area contributed by atoms with Crippen LogP contribution in [0.4, 0.5) is 0 Å². The second kappa shape index (κ2) is 28.3. The monoisotopic (exact) mass is 1020 g/mol. The Bertz CT molecular complexity index is 2010. The number of hydrogen-bond acceptors (Lipinski definition) is 18. The van der Waals surface area contributed by atoms with Crippen molar-refractivity contribution in [2.45, 2.75) is 198 Å². The van der Waals surface area contributed by atoms with Gasteiger partial charge in [0.25, 0.3) is 0 Å². The third kappa shape index (κ3) is 16.7. The van der Waals surface area contributed by atoms with Crippen LogP contribution in [0.2, 0.25) is 0 Å². The topological polar surface area (TPSA) is 222 Å². The molecule has 2 aromatic rings. The fourth-order valence-electron chi connectivity index (χ4n) is 10.7. The molecule has 4 heterocycles. The second-order valence-corrected chi connectivity index (χ2v) is 20.9. The second-order valence-electron chi connectivity index (χ2n) is 20.9. The molecule has 3 fully saturated rings. The van der Waals surface area contributed by atoms with Crippen LogP contribution in [0.3, 0.4) is 0 Å². The van der Waals surface area contributed by atoms with Crippen molar-refractivity contribution in [1.29, 1.82) is 0 Å². The molecule has 3 aliphatic heterocycles. The van der Waals surface area contributed by atoms with Crippen molar-refractivity contribution in [2.75, 3.05) is 47.9 Å². The van der Waals surface area contributed by atoms with Gasteiger partial charge in [0.1, 0.15) is 36.3 Å². The number of benzene rings is 1. The highest BCUT2D eigenvalue weighted by molar-refractivity contribution is 5.78. The van der Waals surface area contributed by atoms with E-state index < -0.39 is 103 Å². The van der Waals surface area contributed by atoms with Crippen molar-refractivity contribution < 1.29 is 72.4 Å². The number of aryl methyl sites for hydroxylation is 1. The van der Waals surface area contributed by atoms with E-state index in [1.807, 2.05) is 38.4 Å². The number of aliphatic hydroxyl groups is 3. The van der Waals surface area contributed by atoms with Crippen LogP contribution >= 0.6 is 0 Å². The first-order valence-corrected chi connectivity index (χ1v) is 26.2. The summed E-state index contributed by atoms with van der Waals surface area (Å²) in [6, 6.07) is 9.52. The zero-order valence-corrected chi connectivity index (χ0v) is 44.4. The van der Waals surface area contributed by atoms with Crippen LogP contribution in [0.15, 0.2) is 36.5 Å². The van der Waals surface area contributed by atoms with Gasteiger partial charge in [-0.15, -0.1) is 0 Å². The van der Waals surface area contributed by atoms with Crippen molar-refractivity contribution in [3.8, 4) is 0 Å². The maximum atomic E-state index is 13.8. The highest BCUT2D eigenvalue weighted by Gasteiger charge is 2.53. The Kier molecular flexibility index (Phi) is 23.2. The van der Waals surface area contributed by atoms with Gasteiger partial charge in [0, 0.05) is 57.5 Å². The van der Waals surface area contributed by atoms with E-state index in [0.717, 1.165) is 49.3 Å². The number of methoxy groups -OCH3 is 1. The molecule has 406 valence electrons. The molecule has 18 heteroatoms. The molecule has 3 saturated heterocycles. The number of rotatable bonds is 18. The highest BCUT2D eigenvalue weighted by Crippen LogP contribution is 2.38. The van der Waals surface area contributed by atoms with Crippen molar-refractivity contribution in [2.24, 2.45) is 17.8 Å². The van der Waals surface area contributed by atoms with E-state index in [1.165, 1.54) is 12.7 Å². The highest BCUT2D eigenvalue weighted by atomic mass is 16.7. The summed E-state index contributed by atoms with van der Waals surface area (Å²) >= 11 is 0. The number of likely N-dealkylation sites (N-methyl/N-ethyl adjacent to an activating group) is 2. The molecule has 1 aromatic carbocycles. The Labute approximate surface area is 426 Å².